The molecule has 0 bridgehead atoms. The van der Waals surface area contributed by atoms with Gasteiger partial charge in [-0.1, -0.05) is 18.2 Å². The van der Waals surface area contributed by atoms with Crippen LogP contribution in [-0.2, 0) is 6.54 Å². The van der Waals surface area contributed by atoms with Gasteiger partial charge in [-0.3, -0.25) is 5.10 Å². The second-order valence-corrected chi connectivity index (χ2v) is 5.22. The Morgan fingerprint density at radius 3 is 2.83 bits per heavy atom. The zero-order valence-electron chi connectivity index (χ0n) is 12.4. The van der Waals surface area contributed by atoms with Crippen molar-refractivity contribution in [3.63, 3.8) is 0 Å². The van der Waals surface area contributed by atoms with E-state index in [1.54, 1.807) is 29.1 Å². The third-order valence-electron chi connectivity index (χ3n) is 3.59. The van der Waals surface area contributed by atoms with E-state index in [9.17, 15) is 4.39 Å². The number of halogens is 1. The van der Waals surface area contributed by atoms with E-state index in [4.69, 9.17) is 0 Å². The maximum absolute atomic E-state index is 13.9. The van der Waals surface area contributed by atoms with Gasteiger partial charge in [-0.25, -0.2) is 19.0 Å². The lowest BCUT2D eigenvalue weighted by molar-refractivity contribution is 0.589. The first-order valence-corrected chi connectivity index (χ1v) is 7.16. The summed E-state index contributed by atoms with van der Waals surface area (Å²) in [6, 6.07) is 10.4. The van der Waals surface area contributed by atoms with Gasteiger partial charge < -0.3 is 0 Å². The van der Waals surface area contributed by atoms with Gasteiger partial charge >= 0.3 is 0 Å². The number of nitrogens with zero attached hydrogens (tertiary/aromatic N) is 5. The van der Waals surface area contributed by atoms with E-state index in [0.717, 1.165) is 5.39 Å². The standard InChI is InChI=1S/C16H13FN6/c1-10-19-15(21-20-10)14-12-6-4-8-18-16(12)23(22-14)9-11-5-2-3-7-13(11)17/h2-8H,9H2,1H3,(H,19,20,21). The molecule has 4 aromatic rings. The van der Waals surface area contributed by atoms with Crippen molar-refractivity contribution < 1.29 is 4.39 Å². The number of aryl methyl sites for hydroxylation is 1. The molecule has 4 rings (SSSR count). The topological polar surface area (TPSA) is 72.3 Å². The zero-order valence-corrected chi connectivity index (χ0v) is 12.4. The Hall–Kier alpha value is -3.09. The largest absolute Gasteiger partial charge is 0.263 e. The van der Waals surface area contributed by atoms with Crippen LogP contribution in [0.1, 0.15) is 11.4 Å². The van der Waals surface area contributed by atoms with Crippen LogP contribution in [0.2, 0.25) is 0 Å². The van der Waals surface area contributed by atoms with Gasteiger partial charge in [0.25, 0.3) is 0 Å². The lowest BCUT2D eigenvalue weighted by Crippen LogP contribution is -2.04. The Balaban J connectivity index is 1.86. The minimum absolute atomic E-state index is 0.262. The summed E-state index contributed by atoms with van der Waals surface area (Å²) in [7, 11) is 0. The number of aromatic nitrogens is 6. The normalized spacial score (nSPS) is 11.2. The molecule has 0 aliphatic carbocycles. The summed E-state index contributed by atoms with van der Waals surface area (Å²) in [5, 5.41) is 12.4. The van der Waals surface area contributed by atoms with Gasteiger partial charge in [-0.15, -0.1) is 0 Å². The van der Waals surface area contributed by atoms with Gasteiger partial charge in [0.1, 0.15) is 17.3 Å². The van der Waals surface area contributed by atoms with Crippen LogP contribution >= 0.6 is 0 Å². The first-order chi connectivity index (χ1) is 11.2. The highest BCUT2D eigenvalue weighted by molar-refractivity contribution is 5.89. The third-order valence-corrected chi connectivity index (χ3v) is 3.59. The Morgan fingerprint density at radius 1 is 1.17 bits per heavy atom. The number of aromatic amines is 1. The fraction of sp³-hybridized carbons (Fsp3) is 0.125. The molecule has 0 amide bonds. The molecule has 0 unspecified atom stereocenters. The number of fused-ring (bicyclic) bond motifs is 1. The van der Waals surface area contributed by atoms with Crippen molar-refractivity contribution in [3.05, 3.63) is 59.8 Å². The van der Waals surface area contributed by atoms with Crippen LogP contribution in [0, 0.1) is 12.7 Å². The molecule has 3 heterocycles. The summed E-state index contributed by atoms with van der Waals surface area (Å²) in [5.41, 5.74) is 1.86. The number of hydrogen-bond donors (Lipinski definition) is 1. The predicted molar refractivity (Wildman–Crippen MR) is 83.1 cm³/mol. The molecule has 0 atom stereocenters. The van der Waals surface area contributed by atoms with E-state index in [1.807, 2.05) is 19.1 Å². The van der Waals surface area contributed by atoms with Gasteiger partial charge in [0, 0.05) is 11.8 Å². The number of benzene rings is 1. The fourth-order valence-corrected chi connectivity index (χ4v) is 2.52. The van der Waals surface area contributed by atoms with E-state index < -0.39 is 0 Å². The second-order valence-electron chi connectivity index (χ2n) is 5.22. The van der Waals surface area contributed by atoms with Crippen LogP contribution in [0.25, 0.3) is 22.6 Å². The lowest BCUT2D eigenvalue weighted by Gasteiger charge is -2.04. The first kappa shape index (κ1) is 13.6. The summed E-state index contributed by atoms with van der Waals surface area (Å²) >= 11 is 0. The molecule has 3 aromatic heterocycles. The molecule has 6 nitrogen and oxygen atoms in total. The highest BCUT2D eigenvalue weighted by atomic mass is 19.1. The maximum atomic E-state index is 13.9. The van der Waals surface area contributed by atoms with E-state index in [1.165, 1.54) is 6.07 Å². The Bertz CT molecular complexity index is 987. The molecule has 0 aliphatic rings. The van der Waals surface area contributed by atoms with Crippen LogP contribution in [0.5, 0.6) is 0 Å². The van der Waals surface area contributed by atoms with Crippen LogP contribution in [-0.4, -0.2) is 29.9 Å². The summed E-state index contributed by atoms with van der Waals surface area (Å²) in [6.45, 7) is 2.12. The number of hydrogen-bond acceptors (Lipinski definition) is 4. The highest BCUT2D eigenvalue weighted by Crippen LogP contribution is 2.25. The molecule has 0 aliphatic heterocycles. The molecule has 1 aromatic carbocycles. The highest BCUT2D eigenvalue weighted by Gasteiger charge is 2.17. The van der Waals surface area contributed by atoms with E-state index in [0.29, 0.717) is 35.1 Å². The minimum Gasteiger partial charge on any atom is -0.263 e. The predicted octanol–water partition coefficient (Wildman–Crippen LogP) is 2.71. The van der Waals surface area contributed by atoms with E-state index in [-0.39, 0.29) is 5.82 Å². The van der Waals surface area contributed by atoms with Crippen LogP contribution in [0.15, 0.2) is 42.6 Å². The molecule has 0 fully saturated rings. The molecule has 7 heteroatoms. The molecular formula is C16H13FN6. The van der Waals surface area contributed by atoms with Crippen molar-refractivity contribution in [1.29, 1.82) is 0 Å². The molecule has 23 heavy (non-hydrogen) atoms. The van der Waals surface area contributed by atoms with Crippen molar-refractivity contribution in [2.75, 3.05) is 0 Å². The van der Waals surface area contributed by atoms with Gasteiger partial charge in [0.05, 0.1) is 11.9 Å². The Morgan fingerprint density at radius 2 is 2.04 bits per heavy atom. The number of rotatable bonds is 3. The minimum atomic E-state index is -0.262. The van der Waals surface area contributed by atoms with Gasteiger partial charge in [-0.05, 0) is 25.1 Å². The summed E-state index contributed by atoms with van der Waals surface area (Å²) in [5.74, 6) is 0.954. The van der Waals surface area contributed by atoms with Gasteiger partial charge in [-0.2, -0.15) is 10.2 Å². The molecule has 0 saturated carbocycles. The van der Waals surface area contributed by atoms with Crippen molar-refractivity contribution in [1.82, 2.24) is 29.9 Å². The second kappa shape index (κ2) is 5.28. The SMILES string of the molecule is Cc1nc(-c2nn(Cc3ccccc3F)c3ncccc23)n[nH]1. The van der Waals surface area contributed by atoms with Crippen molar-refractivity contribution in [2.24, 2.45) is 0 Å². The van der Waals surface area contributed by atoms with Crippen LogP contribution < -0.4 is 0 Å². The first-order valence-electron chi connectivity index (χ1n) is 7.16. The van der Waals surface area contributed by atoms with Gasteiger partial charge in [0.2, 0.25) is 5.82 Å². The molecule has 0 saturated heterocycles. The molecular weight excluding hydrogens is 295 g/mol. The average molecular weight is 308 g/mol. The smallest absolute Gasteiger partial charge is 0.202 e. The molecule has 0 spiro atoms. The zero-order chi connectivity index (χ0) is 15.8. The van der Waals surface area contributed by atoms with Crippen molar-refractivity contribution >= 4 is 11.0 Å². The van der Waals surface area contributed by atoms with Crippen LogP contribution in [0.4, 0.5) is 4.39 Å². The van der Waals surface area contributed by atoms with Crippen LogP contribution in [0.3, 0.4) is 0 Å². The monoisotopic (exact) mass is 308 g/mol. The summed E-state index contributed by atoms with van der Waals surface area (Å²) < 4.78 is 15.6. The summed E-state index contributed by atoms with van der Waals surface area (Å²) in [4.78, 5) is 8.70. The van der Waals surface area contributed by atoms with E-state index in [2.05, 4.69) is 25.3 Å². The molecule has 1 N–H and O–H groups in total. The maximum Gasteiger partial charge on any atom is 0.202 e. The Labute approximate surface area is 131 Å². The van der Waals surface area contributed by atoms with Crippen molar-refractivity contribution in [3.8, 4) is 11.5 Å². The number of H-pyrrole nitrogens is 1. The van der Waals surface area contributed by atoms with Crippen molar-refractivity contribution in [2.45, 2.75) is 13.5 Å². The fourth-order valence-electron chi connectivity index (χ4n) is 2.52. The number of nitrogens with one attached hydrogen (secondary N) is 1. The molecule has 114 valence electrons. The number of pyridine rings is 1. The quantitative estimate of drug-likeness (QED) is 0.631. The lowest BCUT2D eigenvalue weighted by atomic mass is 10.2. The summed E-state index contributed by atoms with van der Waals surface area (Å²) in [6.07, 6.45) is 1.69. The molecule has 0 radical (unpaired) electrons. The Kier molecular flexibility index (Phi) is 3.11. The van der Waals surface area contributed by atoms with E-state index >= 15 is 0 Å². The van der Waals surface area contributed by atoms with Gasteiger partial charge in [0.15, 0.2) is 5.65 Å². The average Bonchev–Trinajstić information content (AvgIpc) is 3.14. The third kappa shape index (κ3) is 2.36.